The van der Waals surface area contributed by atoms with Crippen LogP contribution in [0.15, 0.2) is 42.5 Å². The predicted molar refractivity (Wildman–Crippen MR) is 116 cm³/mol. The van der Waals surface area contributed by atoms with Crippen molar-refractivity contribution in [1.82, 2.24) is 0 Å². The monoisotopic (exact) mass is 429 g/mol. The number of benzene rings is 2. The van der Waals surface area contributed by atoms with Crippen LogP contribution < -0.4 is 9.64 Å². The van der Waals surface area contributed by atoms with Gasteiger partial charge in [-0.25, -0.2) is 0 Å². The lowest BCUT2D eigenvalue weighted by Crippen LogP contribution is -2.55. The minimum absolute atomic E-state index is 0.110. The van der Waals surface area contributed by atoms with Gasteiger partial charge in [-0.1, -0.05) is 37.3 Å². The Labute approximate surface area is 182 Å². The highest BCUT2D eigenvalue weighted by atomic mass is 16.5. The topological polar surface area (TPSA) is 103 Å². The van der Waals surface area contributed by atoms with Crippen molar-refractivity contribution in [2.24, 2.45) is 0 Å². The minimum atomic E-state index is -1.41. The number of ether oxygens (including phenoxy) is 2. The van der Waals surface area contributed by atoms with Crippen LogP contribution in [0.3, 0.4) is 0 Å². The van der Waals surface area contributed by atoms with Gasteiger partial charge in [0.15, 0.2) is 0 Å². The SMILES string of the molecule is CCc1ccc(C(C)N2CCOc3ccc([C@@H]4O[C@H](CO)[C@@H](O)[C@H](O)[C@H]4O)cc32)cc1. The van der Waals surface area contributed by atoms with Crippen LogP contribution in [-0.4, -0.2) is 64.6 Å². The molecule has 2 aromatic carbocycles. The lowest BCUT2D eigenvalue weighted by atomic mass is 9.90. The first-order valence-corrected chi connectivity index (χ1v) is 10.9. The van der Waals surface area contributed by atoms with Gasteiger partial charge < -0.3 is 34.8 Å². The third kappa shape index (κ3) is 4.16. The molecule has 0 aliphatic carbocycles. The molecule has 7 nitrogen and oxygen atoms in total. The van der Waals surface area contributed by atoms with Crippen LogP contribution in [0.2, 0.25) is 0 Å². The molecule has 7 heteroatoms. The Bertz CT molecular complexity index is 886. The molecule has 4 N–H and O–H groups in total. The average molecular weight is 430 g/mol. The number of hydrogen-bond acceptors (Lipinski definition) is 7. The summed E-state index contributed by atoms with van der Waals surface area (Å²) in [5.74, 6) is 0.747. The molecule has 1 fully saturated rings. The van der Waals surface area contributed by atoms with Gasteiger partial charge in [0, 0.05) is 0 Å². The fourth-order valence-electron chi connectivity index (χ4n) is 4.42. The maximum Gasteiger partial charge on any atom is 0.142 e. The Morgan fingerprint density at radius 3 is 2.45 bits per heavy atom. The van der Waals surface area contributed by atoms with E-state index in [0.29, 0.717) is 18.7 Å². The summed E-state index contributed by atoms with van der Waals surface area (Å²) in [6.07, 6.45) is -4.91. The zero-order valence-electron chi connectivity index (χ0n) is 17.9. The molecule has 0 saturated carbocycles. The van der Waals surface area contributed by atoms with Crippen LogP contribution in [0.25, 0.3) is 0 Å². The normalized spacial score (nSPS) is 29.2. The maximum atomic E-state index is 10.5. The first kappa shape index (κ1) is 22.0. The van der Waals surface area contributed by atoms with Crippen molar-refractivity contribution in [3.63, 3.8) is 0 Å². The largest absolute Gasteiger partial charge is 0.490 e. The second-order valence-corrected chi connectivity index (χ2v) is 8.29. The van der Waals surface area contributed by atoms with Gasteiger partial charge in [0.05, 0.1) is 24.9 Å². The number of hydrogen-bond donors (Lipinski definition) is 4. The molecule has 168 valence electrons. The third-order valence-corrected chi connectivity index (χ3v) is 6.44. The van der Waals surface area contributed by atoms with E-state index < -0.39 is 37.1 Å². The number of aryl methyl sites for hydroxylation is 1. The van der Waals surface area contributed by atoms with Crippen molar-refractivity contribution < 1.29 is 29.9 Å². The lowest BCUT2D eigenvalue weighted by molar-refractivity contribution is -0.231. The third-order valence-electron chi connectivity index (χ3n) is 6.44. The predicted octanol–water partition coefficient (Wildman–Crippen LogP) is 1.72. The second-order valence-electron chi connectivity index (χ2n) is 8.29. The van der Waals surface area contributed by atoms with Gasteiger partial charge in [-0.05, 0) is 42.2 Å². The number of rotatable bonds is 5. The molecule has 0 bridgehead atoms. The molecule has 2 heterocycles. The molecule has 2 aromatic rings. The number of aliphatic hydroxyl groups excluding tert-OH is 4. The Morgan fingerprint density at radius 2 is 1.77 bits per heavy atom. The number of aliphatic hydroxyl groups is 4. The van der Waals surface area contributed by atoms with E-state index in [1.54, 1.807) is 6.07 Å². The average Bonchev–Trinajstić information content (AvgIpc) is 2.81. The van der Waals surface area contributed by atoms with E-state index in [2.05, 4.69) is 43.0 Å². The van der Waals surface area contributed by atoms with E-state index in [4.69, 9.17) is 9.47 Å². The van der Waals surface area contributed by atoms with Crippen molar-refractivity contribution >= 4 is 5.69 Å². The summed E-state index contributed by atoms with van der Waals surface area (Å²) in [6, 6.07) is 14.2. The van der Waals surface area contributed by atoms with Crippen LogP contribution in [0.1, 0.15) is 42.7 Å². The first-order chi connectivity index (χ1) is 14.9. The molecule has 1 unspecified atom stereocenters. The van der Waals surface area contributed by atoms with E-state index in [9.17, 15) is 20.4 Å². The molecule has 6 atom stereocenters. The summed E-state index contributed by atoms with van der Waals surface area (Å²) in [5, 5.41) is 40.3. The quantitative estimate of drug-likeness (QED) is 0.574. The van der Waals surface area contributed by atoms with E-state index in [1.165, 1.54) is 11.1 Å². The minimum Gasteiger partial charge on any atom is -0.490 e. The molecule has 2 aliphatic rings. The van der Waals surface area contributed by atoms with Crippen LogP contribution >= 0.6 is 0 Å². The highest BCUT2D eigenvalue weighted by molar-refractivity contribution is 5.63. The Balaban J connectivity index is 1.64. The highest BCUT2D eigenvalue weighted by Gasteiger charge is 2.44. The highest BCUT2D eigenvalue weighted by Crippen LogP contribution is 2.41. The molecule has 31 heavy (non-hydrogen) atoms. The molecule has 1 saturated heterocycles. The standard InChI is InChI=1S/C24H31NO6/c1-3-15-4-6-16(7-5-15)14(2)25-10-11-30-19-9-8-17(12-18(19)25)24-23(29)22(28)21(27)20(13-26)31-24/h4-9,12,14,20-24,26-29H,3,10-11,13H2,1-2H3/t14?,20-,21-,22+,23-,24+/m1/s1. The second kappa shape index (κ2) is 9.14. The first-order valence-electron chi connectivity index (χ1n) is 10.9. The van der Waals surface area contributed by atoms with Gasteiger partial charge in [-0.2, -0.15) is 0 Å². The van der Waals surface area contributed by atoms with Gasteiger partial charge in [0.2, 0.25) is 0 Å². The number of nitrogens with zero attached hydrogens (tertiary/aromatic N) is 1. The fourth-order valence-corrected chi connectivity index (χ4v) is 4.42. The molecule has 2 aliphatic heterocycles. The van der Waals surface area contributed by atoms with E-state index >= 15 is 0 Å². The summed E-state index contributed by atoms with van der Waals surface area (Å²) < 4.78 is 11.6. The van der Waals surface area contributed by atoms with Crippen molar-refractivity contribution in [1.29, 1.82) is 0 Å². The summed E-state index contributed by atoms with van der Waals surface area (Å²) in [6.45, 7) is 5.12. The zero-order chi connectivity index (χ0) is 22.1. The smallest absolute Gasteiger partial charge is 0.142 e. The summed E-state index contributed by atoms with van der Waals surface area (Å²) in [5.41, 5.74) is 4.03. The van der Waals surface area contributed by atoms with Crippen LogP contribution in [0, 0.1) is 0 Å². The molecule has 0 aromatic heterocycles. The van der Waals surface area contributed by atoms with Crippen molar-refractivity contribution in [2.75, 3.05) is 24.7 Å². The van der Waals surface area contributed by atoms with Gasteiger partial charge in [0.1, 0.15) is 42.9 Å². The van der Waals surface area contributed by atoms with E-state index in [1.807, 2.05) is 12.1 Å². The van der Waals surface area contributed by atoms with Crippen LogP contribution in [-0.2, 0) is 11.2 Å². The zero-order valence-corrected chi connectivity index (χ0v) is 17.9. The Kier molecular flexibility index (Phi) is 6.50. The Hall–Kier alpha value is -2.16. The molecular weight excluding hydrogens is 398 g/mol. The van der Waals surface area contributed by atoms with Gasteiger partial charge >= 0.3 is 0 Å². The van der Waals surface area contributed by atoms with E-state index in [0.717, 1.165) is 17.9 Å². The van der Waals surface area contributed by atoms with Crippen molar-refractivity contribution in [2.45, 2.75) is 56.8 Å². The fraction of sp³-hybridized carbons (Fsp3) is 0.500. The Morgan fingerprint density at radius 1 is 1.03 bits per heavy atom. The van der Waals surface area contributed by atoms with E-state index in [-0.39, 0.29) is 6.04 Å². The van der Waals surface area contributed by atoms with Crippen molar-refractivity contribution in [3.05, 3.63) is 59.2 Å². The number of fused-ring (bicyclic) bond motifs is 1. The summed E-state index contributed by atoms with van der Waals surface area (Å²) >= 11 is 0. The summed E-state index contributed by atoms with van der Waals surface area (Å²) in [4.78, 5) is 2.26. The van der Waals surface area contributed by atoms with Crippen LogP contribution in [0.4, 0.5) is 5.69 Å². The maximum absolute atomic E-state index is 10.5. The van der Waals surface area contributed by atoms with Crippen molar-refractivity contribution in [3.8, 4) is 5.75 Å². The summed E-state index contributed by atoms with van der Waals surface area (Å²) in [7, 11) is 0. The molecule has 0 amide bonds. The van der Waals surface area contributed by atoms with Gasteiger partial charge in [-0.15, -0.1) is 0 Å². The molecule has 0 spiro atoms. The van der Waals surface area contributed by atoms with Crippen LogP contribution in [0.5, 0.6) is 5.75 Å². The number of anilines is 1. The van der Waals surface area contributed by atoms with Gasteiger partial charge in [-0.3, -0.25) is 0 Å². The molecule has 0 radical (unpaired) electrons. The molecular formula is C24H31NO6. The lowest BCUT2D eigenvalue weighted by Gasteiger charge is -2.41. The van der Waals surface area contributed by atoms with Gasteiger partial charge in [0.25, 0.3) is 0 Å². The molecule has 4 rings (SSSR count).